The molecule has 1 atom stereocenters. The Morgan fingerprint density at radius 1 is 1.18 bits per heavy atom. The van der Waals surface area contributed by atoms with Gasteiger partial charge in [-0.15, -0.1) is 0 Å². The number of amides is 1. The summed E-state index contributed by atoms with van der Waals surface area (Å²) in [5.41, 5.74) is 3.95. The number of nitrogens with one attached hydrogen (secondary N) is 2. The van der Waals surface area contributed by atoms with E-state index in [-0.39, 0.29) is 6.04 Å². The van der Waals surface area contributed by atoms with Crippen LogP contribution in [0.5, 0.6) is 0 Å². The third-order valence-electron chi connectivity index (χ3n) is 8.14. The zero-order valence-corrected chi connectivity index (χ0v) is 31.1. The minimum Gasteiger partial charge on any atom is -0.468 e. The van der Waals surface area contributed by atoms with Crippen LogP contribution in [0, 0.1) is 0 Å². The van der Waals surface area contributed by atoms with Crippen LogP contribution in [-0.4, -0.2) is 86.6 Å². The average molecular weight is 699 g/mol. The van der Waals surface area contributed by atoms with Gasteiger partial charge < -0.3 is 29.6 Å². The number of aryl methyl sites for hydroxylation is 2. The number of rotatable bonds is 17. The first-order chi connectivity index (χ1) is 23.7. The van der Waals surface area contributed by atoms with Crippen molar-refractivity contribution in [3.8, 4) is 0 Å². The maximum Gasteiger partial charge on any atom is 0.293 e. The number of ether oxygens (including phenoxy) is 2. The van der Waals surface area contributed by atoms with Crippen LogP contribution >= 0.6 is 11.6 Å². The maximum atomic E-state index is 11.2. The van der Waals surface area contributed by atoms with E-state index in [9.17, 15) is 9.59 Å². The van der Waals surface area contributed by atoms with Crippen LogP contribution in [-0.2, 0) is 32.5 Å². The normalized spacial score (nSPS) is 15.4. The predicted molar refractivity (Wildman–Crippen MR) is 203 cm³/mol. The lowest BCUT2D eigenvalue weighted by molar-refractivity contribution is -0.128. The second kappa shape index (κ2) is 26.3. The zero-order valence-electron chi connectivity index (χ0n) is 30.3. The van der Waals surface area contributed by atoms with E-state index >= 15 is 0 Å². The molecule has 2 N–H and O–H groups in total. The molecule has 1 saturated heterocycles. The van der Waals surface area contributed by atoms with Gasteiger partial charge in [0.2, 0.25) is 6.41 Å². The number of methoxy groups -OCH3 is 1. The number of halogens is 1. The van der Waals surface area contributed by atoms with Crippen molar-refractivity contribution in [1.82, 2.24) is 25.1 Å². The number of aromatic nitrogens is 2. The van der Waals surface area contributed by atoms with Gasteiger partial charge in [-0.05, 0) is 87.7 Å². The number of hydrogen-bond donors (Lipinski definition) is 2. The van der Waals surface area contributed by atoms with E-state index in [1.165, 1.54) is 45.2 Å². The first kappa shape index (κ1) is 43.5. The summed E-state index contributed by atoms with van der Waals surface area (Å²) in [5, 5.41) is 6.74. The number of hydrogen-bond acceptors (Lipinski definition) is 8. The number of nitrogens with zero attached hydrogens (tertiary/aromatic N) is 4. The lowest BCUT2D eigenvalue weighted by Gasteiger charge is -2.22. The van der Waals surface area contributed by atoms with E-state index in [1.807, 2.05) is 42.0 Å². The fourth-order valence-electron chi connectivity index (χ4n) is 4.64. The molecule has 1 aliphatic carbocycles. The van der Waals surface area contributed by atoms with Crippen LogP contribution in [0.3, 0.4) is 0 Å². The number of benzene rings is 1. The number of allylic oxidation sites excluding steroid dienone is 3. The second-order valence-corrected chi connectivity index (χ2v) is 12.6. The van der Waals surface area contributed by atoms with Gasteiger partial charge in [0.25, 0.3) is 6.47 Å². The summed E-state index contributed by atoms with van der Waals surface area (Å²) in [5.74, 6) is 0. The SMILES string of the molecule is C=N/C=C\C=C/CCc1ccc(Cl)cc1C(=C)[C@@H](NC=O)c1cncn1C.CCCCCCOC=O.CN1CCNCC1.COC1(C)CC1. The quantitative estimate of drug-likeness (QED) is 0.0817. The van der Waals surface area contributed by atoms with Crippen molar-refractivity contribution < 1.29 is 19.1 Å². The molecule has 10 nitrogen and oxygen atoms in total. The van der Waals surface area contributed by atoms with Crippen LogP contribution in [0.2, 0.25) is 5.02 Å². The lowest BCUT2D eigenvalue weighted by atomic mass is 9.92. The van der Waals surface area contributed by atoms with Crippen molar-refractivity contribution in [3.05, 3.63) is 83.6 Å². The molecule has 1 saturated carbocycles. The van der Waals surface area contributed by atoms with Gasteiger partial charge in [-0.3, -0.25) is 14.6 Å². The number of unbranched alkanes of at least 4 members (excludes halogenated alkanes) is 3. The fourth-order valence-corrected chi connectivity index (χ4v) is 4.81. The van der Waals surface area contributed by atoms with Crippen molar-refractivity contribution in [3.63, 3.8) is 0 Å². The van der Waals surface area contributed by atoms with E-state index in [1.54, 1.807) is 25.8 Å². The molecule has 1 amide bonds. The molecule has 2 heterocycles. The number of aliphatic imine (C=N–C) groups is 1. The van der Waals surface area contributed by atoms with E-state index in [0.717, 1.165) is 54.7 Å². The number of likely N-dealkylation sites (N-methyl/N-ethyl adjacent to an activating group) is 1. The molecule has 1 aromatic carbocycles. The van der Waals surface area contributed by atoms with Crippen molar-refractivity contribution in [2.75, 3.05) is 46.9 Å². The van der Waals surface area contributed by atoms with Crippen molar-refractivity contribution >= 4 is 36.8 Å². The summed E-state index contributed by atoms with van der Waals surface area (Å²) < 4.78 is 11.4. The Bertz CT molecular complexity index is 1280. The zero-order chi connectivity index (χ0) is 36.3. The molecule has 11 heteroatoms. The highest BCUT2D eigenvalue weighted by atomic mass is 35.5. The molecular weight excluding hydrogens is 640 g/mol. The molecule has 2 aromatic rings. The highest BCUT2D eigenvalue weighted by Crippen LogP contribution is 2.37. The highest BCUT2D eigenvalue weighted by Gasteiger charge is 2.36. The summed E-state index contributed by atoms with van der Waals surface area (Å²) >= 11 is 6.23. The molecule has 1 aliphatic heterocycles. The van der Waals surface area contributed by atoms with E-state index < -0.39 is 0 Å². The molecule has 49 heavy (non-hydrogen) atoms. The summed E-state index contributed by atoms with van der Waals surface area (Å²) in [6.07, 6.45) is 20.4. The van der Waals surface area contributed by atoms with Crippen molar-refractivity contribution in [2.45, 2.75) is 76.9 Å². The van der Waals surface area contributed by atoms with E-state index in [2.05, 4.69) is 70.5 Å². The Morgan fingerprint density at radius 3 is 2.43 bits per heavy atom. The number of carbonyl (C=O) groups is 2. The molecule has 1 aromatic heterocycles. The van der Waals surface area contributed by atoms with Crippen LogP contribution < -0.4 is 10.6 Å². The van der Waals surface area contributed by atoms with Gasteiger partial charge >= 0.3 is 0 Å². The fraction of sp³-hybridized carbons (Fsp3) is 0.526. The van der Waals surface area contributed by atoms with E-state index in [0.29, 0.717) is 30.1 Å². The summed E-state index contributed by atoms with van der Waals surface area (Å²) in [4.78, 5) is 30.9. The lowest BCUT2D eigenvalue weighted by Crippen LogP contribution is -2.40. The van der Waals surface area contributed by atoms with Crippen LogP contribution in [0.4, 0.5) is 0 Å². The van der Waals surface area contributed by atoms with Gasteiger partial charge in [0.1, 0.15) is 0 Å². The largest absolute Gasteiger partial charge is 0.468 e. The van der Waals surface area contributed by atoms with Crippen LogP contribution in [0.15, 0.2) is 66.7 Å². The Balaban J connectivity index is 0.000000436. The van der Waals surface area contributed by atoms with Crippen molar-refractivity contribution in [1.29, 1.82) is 0 Å². The second-order valence-electron chi connectivity index (χ2n) is 12.2. The van der Waals surface area contributed by atoms with Gasteiger partial charge in [0, 0.05) is 51.6 Å². The molecule has 0 spiro atoms. The molecule has 2 fully saturated rings. The molecule has 272 valence electrons. The molecule has 2 aliphatic rings. The number of piperazine rings is 1. The molecule has 0 unspecified atom stereocenters. The van der Waals surface area contributed by atoms with Crippen molar-refractivity contribution in [2.24, 2.45) is 12.0 Å². The summed E-state index contributed by atoms with van der Waals surface area (Å²) in [6.45, 7) is 17.8. The maximum absolute atomic E-state index is 11.2. The Labute approximate surface area is 299 Å². The Kier molecular flexibility index (Phi) is 23.3. The topological polar surface area (TPSA) is 110 Å². The minimum atomic E-state index is -0.385. The third kappa shape index (κ3) is 19.3. The van der Waals surface area contributed by atoms with Gasteiger partial charge in [0.15, 0.2) is 0 Å². The highest BCUT2D eigenvalue weighted by molar-refractivity contribution is 6.30. The monoisotopic (exact) mass is 698 g/mol. The number of imidazole rings is 1. The Hall–Kier alpha value is -3.57. The molecule has 0 bridgehead atoms. The van der Waals surface area contributed by atoms with Gasteiger partial charge in [-0.2, -0.15) is 0 Å². The minimum absolute atomic E-state index is 0.292. The van der Waals surface area contributed by atoms with Gasteiger partial charge in [-0.1, -0.05) is 62.6 Å². The van der Waals surface area contributed by atoms with Crippen LogP contribution in [0.25, 0.3) is 5.57 Å². The first-order valence-corrected chi connectivity index (χ1v) is 17.4. The van der Waals surface area contributed by atoms with Gasteiger partial charge in [-0.25, -0.2) is 4.98 Å². The smallest absolute Gasteiger partial charge is 0.293 e. The molecular formula is C38H59ClN6O4. The summed E-state index contributed by atoms with van der Waals surface area (Å²) in [6, 6.07) is 5.37. The number of carbonyl (C=O) groups excluding carboxylic acids is 2. The summed E-state index contributed by atoms with van der Waals surface area (Å²) in [7, 11) is 5.80. The third-order valence-corrected chi connectivity index (χ3v) is 8.38. The molecule has 4 rings (SSSR count). The first-order valence-electron chi connectivity index (χ1n) is 17.1. The standard InChI is InChI=1S/C21H23ClN4O.C7H14O2.C5H12N2.C5H10O/c1-16(21(25-15-27)20-13-24-14-26(20)3)19-12-18(22)10-9-17(19)8-6-4-5-7-11-23-2;1-2-3-4-5-6-9-7-8;1-7-4-2-6-3-5-7;1-5(6-2)3-4-5/h4-5,7,9-15,21H,1-2,6,8H2,3H3,(H,25,27);7H,2-6H2,1H3;6H,2-5H2,1H3;3-4H2,1-2H3/b5-4-,11-7-;;;/t21-;;;/m1.../s1. The van der Waals surface area contributed by atoms with E-state index in [4.69, 9.17) is 16.3 Å². The Morgan fingerprint density at radius 2 is 1.92 bits per heavy atom. The van der Waals surface area contributed by atoms with Gasteiger partial charge in [0.05, 0.1) is 36.5 Å². The molecule has 0 radical (unpaired) electrons. The average Bonchev–Trinajstić information content (AvgIpc) is 3.71. The van der Waals surface area contributed by atoms with Crippen LogP contribution in [0.1, 0.15) is 81.7 Å². The predicted octanol–water partition coefficient (Wildman–Crippen LogP) is 6.72.